The first-order valence-corrected chi connectivity index (χ1v) is 6.41. The van der Waals surface area contributed by atoms with Crippen LogP contribution in [-0.2, 0) is 11.3 Å². The molecule has 19 heavy (non-hydrogen) atoms. The molecular formula is C12H9BrClFN2O2. The molecule has 1 aromatic carbocycles. The van der Waals surface area contributed by atoms with Crippen LogP contribution in [0.15, 0.2) is 28.7 Å². The maximum atomic E-state index is 13.0. The molecule has 1 aromatic heterocycles. The number of aromatic nitrogens is 2. The van der Waals surface area contributed by atoms with E-state index in [4.69, 9.17) is 21.1 Å². The monoisotopic (exact) mass is 346 g/mol. The molecule has 1 heterocycles. The van der Waals surface area contributed by atoms with Gasteiger partial charge in [-0.25, -0.2) is 9.37 Å². The Bertz CT molecular complexity index is 598. The molecule has 0 saturated carbocycles. The SMILES string of the molecule is COCc1nc(Cl)cc(Oc2ccc(F)cc2Br)n1. The first-order chi connectivity index (χ1) is 9.08. The van der Waals surface area contributed by atoms with E-state index in [0.29, 0.717) is 16.0 Å². The molecule has 2 aromatic rings. The number of hydrogen-bond acceptors (Lipinski definition) is 4. The number of ether oxygens (including phenoxy) is 2. The van der Waals surface area contributed by atoms with E-state index in [1.807, 2.05) is 0 Å². The van der Waals surface area contributed by atoms with Gasteiger partial charge in [0, 0.05) is 13.2 Å². The van der Waals surface area contributed by atoms with E-state index in [-0.39, 0.29) is 23.5 Å². The van der Waals surface area contributed by atoms with E-state index in [1.165, 1.54) is 31.4 Å². The van der Waals surface area contributed by atoms with E-state index in [0.717, 1.165) is 0 Å². The zero-order valence-corrected chi connectivity index (χ0v) is 12.2. The highest BCUT2D eigenvalue weighted by atomic mass is 79.9. The Morgan fingerprint density at radius 2 is 2.11 bits per heavy atom. The second-order valence-corrected chi connectivity index (χ2v) is 4.80. The summed E-state index contributed by atoms with van der Waals surface area (Å²) in [5.74, 6) is 0.738. The zero-order valence-electron chi connectivity index (χ0n) is 9.86. The highest BCUT2D eigenvalue weighted by molar-refractivity contribution is 9.10. The van der Waals surface area contributed by atoms with E-state index in [9.17, 15) is 4.39 Å². The molecule has 4 nitrogen and oxygen atoms in total. The molecular weight excluding hydrogens is 338 g/mol. The van der Waals surface area contributed by atoms with Gasteiger partial charge in [0.05, 0.1) is 4.47 Å². The van der Waals surface area contributed by atoms with E-state index >= 15 is 0 Å². The third-order valence-corrected chi connectivity index (χ3v) is 2.91. The lowest BCUT2D eigenvalue weighted by molar-refractivity contribution is 0.177. The molecule has 0 bridgehead atoms. The van der Waals surface area contributed by atoms with Crippen LogP contribution in [0.3, 0.4) is 0 Å². The van der Waals surface area contributed by atoms with Crippen molar-refractivity contribution in [1.29, 1.82) is 0 Å². The van der Waals surface area contributed by atoms with E-state index < -0.39 is 0 Å². The molecule has 0 saturated heterocycles. The molecule has 0 atom stereocenters. The fourth-order valence-electron chi connectivity index (χ4n) is 1.36. The van der Waals surface area contributed by atoms with Gasteiger partial charge in [0.2, 0.25) is 5.88 Å². The van der Waals surface area contributed by atoms with Crippen LogP contribution in [0, 0.1) is 5.82 Å². The smallest absolute Gasteiger partial charge is 0.224 e. The van der Waals surface area contributed by atoms with Crippen molar-refractivity contribution in [1.82, 2.24) is 9.97 Å². The van der Waals surface area contributed by atoms with Crippen LogP contribution in [0.5, 0.6) is 11.6 Å². The number of nitrogens with zero attached hydrogens (tertiary/aromatic N) is 2. The second-order valence-electron chi connectivity index (χ2n) is 3.55. The number of halogens is 3. The highest BCUT2D eigenvalue weighted by Gasteiger charge is 2.08. The largest absolute Gasteiger partial charge is 0.438 e. The minimum atomic E-state index is -0.361. The second kappa shape index (κ2) is 6.27. The van der Waals surface area contributed by atoms with Gasteiger partial charge >= 0.3 is 0 Å². The Balaban J connectivity index is 2.27. The number of methoxy groups -OCH3 is 1. The van der Waals surface area contributed by atoms with Crippen LogP contribution in [0.2, 0.25) is 5.15 Å². The normalized spacial score (nSPS) is 10.5. The standard InChI is InChI=1S/C12H9BrClFN2O2/c1-18-6-11-16-10(14)5-12(17-11)19-9-3-2-7(15)4-8(9)13/h2-5H,6H2,1H3. The lowest BCUT2D eigenvalue weighted by atomic mass is 10.3. The maximum absolute atomic E-state index is 13.0. The van der Waals surface area contributed by atoms with Gasteiger partial charge in [-0.1, -0.05) is 11.6 Å². The Morgan fingerprint density at radius 3 is 2.79 bits per heavy atom. The molecule has 2 rings (SSSR count). The van der Waals surface area contributed by atoms with Gasteiger partial charge in [-0.05, 0) is 34.1 Å². The summed E-state index contributed by atoms with van der Waals surface area (Å²) in [4.78, 5) is 8.10. The van der Waals surface area contributed by atoms with Crippen molar-refractivity contribution in [2.24, 2.45) is 0 Å². The Morgan fingerprint density at radius 1 is 1.32 bits per heavy atom. The van der Waals surface area contributed by atoms with Crippen molar-refractivity contribution < 1.29 is 13.9 Å². The van der Waals surface area contributed by atoms with Crippen molar-refractivity contribution in [3.63, 3.8) is 0 Å². The lowest BCUT2D eigenvalue weighted by Gasteiger charge is -2.08. The van der Waals surface area contributed by atoms with Gasteiger partial charge < -0.3 is 9.47 Å². The van der Waals surface area contributed by atoms with E-state index in [2.05, 4.69) is 25.9 Å². The van der Waals surface area contributed by atoms with Crippen molar-refractivity contribution in [3.05, 3.63) is 45.5 Å². The molecule has 0 fully saturated rings. The van der Waals surface area contributed by atoms with Crippen LogP contribution >= 0.6 is 27.5 Å². The average Bonchev–Trinajstić information content (AvgIpc) is 2.32. The molecule has 0 radical (unpaired) electrons. The minimum absolute atomic E-state index is 0.224. The summed E-state index contributed by atoms with van der Waals surface area (Å²) in [5, 5.41) is 0.246. The van der Waals surface area contributed by atoms with Crippen molar-refractivity contribution >= 4 is 27.5 Å². The Hall–Kier alpha value is -1.24. The average molecular weight is 348 g/mol. The van der Waals surface area contributed by atoms with Gasteiger partial charge in [-0.3, -0.25) is 0 Å². The van der Waals surface area contributed by atoms with Crippen LogP contribution in [0.1, 0.15) is 5.82 Å². The lowest BCUT2D eigenvalue weighted by Crippen LogP contribution is -1.99. The van der Waals surface area contributed by atoms with Gasteiger partial charge in [-0.15, -0.1) is 0 Å². The third kappa shape index (κ3) is 3.86. The molecule has 0 aliphatic heterocycles. The predicted molar refractivity (Wildman–Crippen MR) is 71.9 cm³/mol. The van der Waals surface area contributed by atoms with Crippen molar-refractivity contribution in [3.8, 4) is 11.6 Å². The predicted octanol–water partition coefficient (Wildman–Crippen LogP) is 3.97. The molecule has 0 N–H and O–H groups in total. The molecule has 0 spiro atoms. The fraction of sp³-hybridized carbons (Fsp3) is 0.167. The fourth-order valence-corrected chi connectivity index (χ4v) is 1.98. The van der Waals surface area contributed by atoms with Crippen molar-refractivity contribution in [2.45, 2.75) is 6.61 Å². The summed E-state index contributed by atoms with van der Waals surface area (Å²) >= 11 is 9.06. The van der Waals surface area contributed by atoms with Gasteiger partial charge in [0.1, 0.15) is 23.3 Å². The summed E-state index contributed by atoms with van der Waals surface area (Å²) in [7, 11) is 1.53. The summed E-state index contributed by atoms with van der Waals surface area (Å²) in [5.41, 5.74) is 0. The number of benzene rings is 1. The molecule has 0 aliphatic rings. The minimum Gasteiger partial charge on any atom is -0.438 e. The zero-order chi connectivity index (χ0) is 13.8. The first-order valence-electron chi connectivity index (χ1n) is 5.24. The molecule has 7 heteroatoms. The van der Waals surface area contributed by atoms with Crippen LogP contribution in [-0.4, -0.2) is 17.1 Å². The van der Waals surface area contributed by atoms with Crippen LogP contribution in [0.25, 0.3) is 0 Å². The van der Waals surface area contributed by atoms with Crippen LogP contribution in [0.4, 0.5) is 4.39 Å². The Labute approximate surface area is 122 Å². The van der Waals surface area contributed by atoms with E-state index in [1.54, 1.807) is 0 Å². The molecule has 0 unspecified atom stereocenters. The summed E-state index contributed by atoms with van der Waals surface area (Å²) < 4.78 is 23.9. The molecule has 0 amide bonds. The summed E-state index contributed by atoms with van der Waals surface area (Å²) in [6.45, 7) is 0.224. The quantitative estimate of drug-likeness (QED) is 0.785. The molecule has 100 valence electrons. The third-order valence-electron chi connectivity index (χ3n) is 2.10. The van der Waals surface area contributed by atoms with Crippen LogP contribution < -0.4 is 4.74 Å². The Kier molecular flexibility index (Phi) is 4.68. The van der Waals surface area contributed by atoms with Gasteiger partial charge in [0.15, 0.2) is 5.82 Å². The first kappa shape index (κ1) is 14.2. The van der Waals surface area contributed by atoms with Gasteiger partial charge in [0.25, 0.3) is 0 Å². The summed E-state index contributed by atoms with van der Waals surface area (Å²) in [6.07, 6.45) is 0. The topological polar surface area (TPSA) is 44.2 Å². The number of hydrogen-bond donors (Lipinski definition) is 0. The van der Waals surface area contributed by atoms with Crippen molar-refractivity contribution in [2.75, 3.05) is 7.11 Å². The number of rotatable bonds is 4. The van der Waals surface area contributed by atoms with Gasteiger partial charge in [-0.2, -0.15) is 4.98 Å². The highest BCUT2D eigenvalue weighted by Crippen LogP contribution is 2.30. The maximum Gasteiger partial charge on any atom is 0.224 e. The summed E-state index contributed by atoms with van der Waals surface area (Å²) in [6, 6.07) is 5.55. The molecule has 0 aliphatic carbocycles.